The number of anilines is 1. The minimum absolute atomic E-state index is 0.0925. The van der Waals surface area contributed by atoms with E-state index >= 15 is 0 Å². The van der Waals surface area contributed by atoms with E-state index in [-0.39, 0.29) is 5.91 Å². The van der Waals surface area contributed by atoms with E-state index in [1.807, 2.05) is 31.2 Å². The Hall–Kier alpha value is -2.28. The van der Waals surface area contributed by atoms with Crippen molar-refractivity contribution in [3.05, 3.63) is 40.4 Å². The molecule has 0 radical (unpaired) electrons. The Labute approximate surface area is 139 Å². The smallest absolute Gasteiger partial charge is 0.279 e. The normalized spacial score (nSPS) is 15.7. The first kappa shape index (κ1) is 15.6. The summed E-state index contributed by atoms with van der Waals surface area (Å²) in [6.07, 6.45) is 0.676. The van der Waals surface area contributed by atoms with Gasteiger partial charge in [0.15, 0.2) is 11.5 Å². The molecule has 0 spiro atoms. The van der Waals surface area contributed by atoms with Gasteiger partial charge in [0.1, 0.15) is 0 Å². The van der Waals surface area contributed by atoms with Crippen molar-refractivity contribution in [3.8, 4) is 0 Å². The molecule has 0 aliphatic carbocycles. The van der Waals surface area contributed by atoms with Crippen LogP contribution in [0.3, 0.4) is 0 Å². The summed E-state index contributed by atoms with van der Waals surface area (Å²) in [5.41, 5.74) is 2.15. The molecule has 2 heterocycles. The van der Waals surface area contributed by atoms with Crippen LogP contribution in [-0.4, -0.2) is 33.0 Å². The number of aromatic nitrogens is 3. The molecule has 0 fully saturated rings. The topological polar surface area (TPSA) is 66.3 Å². The molecule has 2 aromatic rings. The van der Waals surface area contributed by atoms with Crippen molar-refractivity contribution in [1.82, 2.24) is 14.9 Å². The van der Waals surface area contributed by atoms with Gasteiger partial charge in [0.2, 0.25) is 4.77 Å². The third kappa shape index (κ3) is 2.72. The Morgan fingerprint density at radius 3 is 2.78 bits per heavy atom. The zero-order valence-corrected chi connectivity index (χ0v) is 14.2. The van der Waals surface area contributed by atoms with Gasteiger partial charge < -0.3 is 4.90 Å². The van der Waals surface area contributed by atoms with Crippen LogP contribution in [0.1, 0.15) is 32.2 Å². The summed E-state index contributed by atoms with van der Waals surface area (Å²) >= 11 is 5.22. The number of benzene rings is 1. The molecule has 1 amide bonds. The van der Waals surface area contributed by atoms with Gasteiger partial charge in [-0.2, -0.15) is 14.9 Å². The number of aryl methyl sites for hydroxylation is 1. The standard InChI is InChI=1S/C16H19N5OS/c1-4-13-17-18-16(23)21(13)19-14-11-7-5-6-8-12(11)20(15(14)22)9-10(2)3/h5-8,10H,4,9H2,1-3H3,(H,18,23). The van der Waals surface area contributed by atoms with Crippen LogP contribution in [0, 0.1) is 10.7 Å². The van der Waals surface area contributed by atoms with Gasteiger partial charge in [-0.15, -0.1) is 0 Å². The number of nitrogens with zero attached hydrogens (tertiary/aromatic N) is 4. The number of hydrogen-bond donors (Lipinski definition) is 1. The summed E-state index contributed by atoms with van der Waals surface area (Å²) in [7, 11) is 0. The first-order valence-electron chi connectivity index (χ1n) is 7.69. The highest BCUT2D eigenvalue weighted by Gasteiger charge is 2.34. The number of rotatable bonds is 4. The van der Waals surface area contributed by atoms with Crippen LogP contribution in [0.25, 0.3) is 0 Å². The van der Waals surface area contributed by atoms with Crippen molar-refractivity contribution in [2.24, 2.45) is 11.0 Å². The average Bonchev–Trinajstić information content (AvgIpc) is 3.01. The largest absolute Gasteiger partial charge is 0.306 e. The summed E-state index contributed by atoms with van der Waals surface area (Å²) in [5, 5.41) is 11.4. The molecule has 1 aromatic heterocycles. The van der Waals surface area contributed by atoms with Crippen molar-refractivity contribution in [1.29, 1.82) is 0 Å². The SMILES string of the molecule is CCc1n[nH]c(=S)n1N=C1C(=O)N(CC(C)C)c2ccccc21. The second-order valence-electron chi connectivity index (χ2n) is 5.89. The van der Waals surface area contributed by atoms with Crippen LogP contribution in [0.2, 0.25) is 0 Å². The summed E-state index contributed by atoms with van der Waals surface area (Å²) in [5.74, 6) is 0.980. The quantitative estimate of drug-likeness (QED) is 0.877. The number of para-hydroxylation sites is 1. The second kappa shape index (κ2) is 6.08. The Morgan fingerprint density at radius 1 is 1.35 bits per heavy atom. The molecule has 1 N–H and O–H groups in total. The monoisotopic (exact) mass is 329 g/mol. The summed E-state index contributed by atoms with van der Waals surface area (Å²) in [6.45, 7) is 6.81. The van der Waals surface area contributed by atoms with Crippen LogP contribution in [0.5, 0.6) is 0 Å². The van der Waals surface area contributed by atoms with Crippen LogP contribution >= 0.6 is 12.2 Å². The highest BCUT2D eigenvalue weighted by Crippen LogP contribution is 2.30. The van der Waals surface area contributed by atoms with Gasteiger partial charge in [0, 0.05) is 18.5 Å². The van der Waals surface area contributed by atoms with Gasteiger partial charge in [-0.1, -0.05) is 39.0 Å². The Kier molecular flexibility index (Phi) is 4.12. The van der Waals surface area contributed by atoms with E-state index in [2.05, 4.69) is 29.1 Å². The maximum atomic E-state index is 12.9. The Morgan fingerprint density at radius 2 is 2.09 bits per heavy atom. The number of fused-ring (bicyclic) bond motifs is 1. The lowest BCUT2D eigenvalue weighted by molar-refractivity contribution is -0.112. The number of hydrogen-bond acceptors (Lipinski definition) is 4. The van der Waals surface area contributed by atoms with Crippen molar-refractivity contribution < 1.29 is 4.79 Å². The zero-order valence-electron chi connectivity index (χ0n) is 13.4. The van der Waals surface area contributed by atoms with E-state index in [0.29, 0.717) is 35.2 Å². The maximum absolute atomic E-state index is 12.9. The van der Waals surface area contributed by atoms with E-state index in [0.717, 1.165) is 11.3 Å². The van der Waals surface area contributed by atoms with Crippen molar-refractivity contribution in [2.75, 3.05) is 11.4 Å². The number of carbonyl (C=O) groups is 1. The molecular weight excluding hydrogens is 310 g/mol. The van der Waals surface area contributed by atoms with Gasteiger partial charge in [0.25, 0.3) is 5.91 Å². The van der Waals surface area contributed by atoms with E-state index in [4.69, 9.17) is 12.2 Å². The highest BCUT2D eigenvalue weighted by atomic mass is 32.1. The first-order chi connectivity index (χ1) is 11.0. The molecule has 7 heteroatoms. The molecule has 120 valence electrons. The summed E-state index contributed by atoms with van der Waals surface area (Å²) in [4.78, 5) is 14.6. The Bertz CT molecular complexity index is 833. The minimum atomic E-state index is -0.0925. The van der Waals surface area contributed by atoms with Crippen LogP contribution in [0.15, 0.2) is 29.4 Å². The van der Waals surface area contributed by atoms with Crippen molar-refractivity contribution in [2.45, 2.75) is 27.2 Å². The number of amides is 1. The van der Waals surface area contributed by atoms with E-state index < -0.39 is 0 Å². The molecule has 0 unspecified atom stereocenters. The van der Waals surface area contributed by atoms with Gasteiger partial charge in [-0.3, -0.25) is 9.89 Å². The van der Waals surface area contributed by atoms with Gasteiger partial charge in [0.05, 0.1) is 5.69 Å². The fourth-order valence-electron chi connectivity index (χ4n) is 2.66. The number of carbonyl (C=O) groups excluding carboxylic acids is 1. The zero-order chi connectivity index (χ0) is 16.6. The van der Waals surface area contributed by atoms with Gasteiger partial charge >= 0.3 is 0 Å². The first-order valence-corrected chi connectivity index (χ1v) is 8.10. The summed E-state index contributed by atoms with van der Waals surface area (Å²) < 4.78 is 1.93. The molecule has 23 heavy (non-hydrogen) atoms. The lowest BCUT2D eigenvalue weighted by Crippen LogP contribution is -2.33. The fraction of sp³-hybridized carbons (Fsp3) is 0.375. The lowest BCUT2D eigenvalue weighted by atomic mass is 10.1. The predicted molar refractivity (Wildman–Crippen MR) is 92.4 cm³/mol. The Balaban J connectivity index is 2.13. The number of H-pyrrole nitrogens is 1. The van der Waals surface area contributed by atoms with Crippen LogP contribution < -0.4 is 4.90 Å². The molecule has 1 aromatic carbocycles. The maximum Gasteiger partial charge on any atom is 0.279 e. The molecule has 1 aliphatic heterocycles. The second-order valence-corrected chi connectivity index (χ2v) is 6.27. The van der Waals surface area contributed by atoms with E-state index in [1.165, 1.54) is 4.68 Å². The third-order valence-corrected chi connectivity index (χ3v) is 3.94. The highest BCUT2D eigenvalue weighted by molar-refractivity contribution is 7.71. The van der Waals surface area contributed by atoms with Crippen molar-refractivity contribution in [3.63, 3.8) is 0 Å². The summed E-state index contributed by atoms with van der Waals surface area (Å²) in [6, 6.07) is 7.72. The van der Waals surface area contributed by atoms with Crippen LogP contribution in [-0.2, 0) is 11.2 Å². The fourth-order valence-corrected chi connectivity index (χ4v) is 2.85. The third-order valence-electron chi connectivity index (χ3n) is 3.68. The van der Waals surface area contributed by atoms with Crippen LogP contribution in [0.4, 0.5) is 5.69 Å². The molecule has 6 nitrogen and oxygen atoms in total. The molecule has 0 atom stereocenters. The van der Waals surface area contributed by atoms with Gasteiger partial charge in [-0.25, -0.2) is 0 Å². The molecular formula is C16H19N5OS. The average molecular weight is 329 g/mol. The lowest BCUT2D eigenvalue weighted by Gasteiger charge is -2.18. The molecule has 0 bridgehead atoms. The predicted octanol–water partition coefficient (Wildman–Crippen LogP) is 2.76. The van der Waals surface area contributed by atoms with Gasteiger partial charge in [-0.05, 0) is 24.2 Å². The van der Waals surface area contributed by atoms with E-state index in [1.54, 1.807) is 4.90 Å². The number of nitrogens with one attached hydrogen (secondary N) is 1. The van der Waals surface area contributed by atoms with E-state index in [9.17, 15) is 4.79 Å². The number of aromatic amines is 1. The molecule has 0 saturated heterocycles. The molecule has 0 saturated carbocycles. The molecule has 1 aliphatic rings. The minimum Gasteiger partial charge on any atom is -0.306 e. The van der Waals surface area contributed by atoms with Crippen molar-refractivity contribution >= 4 is 29.5 Å². The molecule has 3 rings (SSSR count).